The highest BCUT2D eigenvalue weighted by Gasteiger charge is 2.08. The first-order valence-electron chi connectivity index (χ1n) is 10.1. The van der Waals surface area contributed by atoms with E-state index in [1.165, 1.54) is 0 Å². The molecule has 1 atom stereocenters. The molecule has 0 aliphatic carbocycles. The smallest absolute Gasteiger partial charge is 0.253 e. The Bertz CT molecular complexity index is 798. The monoisotopic (exact) mass is 540 g/mol. The van der Waals surface area contributed by atoms with E-state index in [9.17, 15) is 9.90 Å². The summed E-state index contributed by atoms with van der Waals surface area (Å²) < 4.78 is 5.57. The minimum absolute atomic E-state index is 0. The van der Waals surface area contributed by atoms with Crippen LogP contribution in [-0.2, 0) is 17.9 Å². The second-order valence-corrected chi connectivity index (χ2v) is 7.13. The molecule has 2 aromatic carbocycles. The first kappa shape index (κ1) is 26.9. The minimum Gasteiger partial charge on any atom is -0.389 e. The molecule has 0 bridgehead atoms. The van der Waals surface area contributed by atoms with E-state index in [1.807, 2.05) is 49.4 Å². The predicted octanol–water partition coefficient (Wildman–Crippen LogP) is 2.64. The number of aliphatic imine (C=N–C) groups is 1. The van der Waals surface area contributed by atoms with Gasteiger partial charge in [0.25, 0.3) is 5.91 Å². The average molecular weight is 540 g/mol. The van der Waals surface area contributed by atoms with Crippen molar-refractivity contribution in [1.82, 2.24) is 15.5 Å². The third kappa shape index (κ3) is 10.1. The normalized spacial score (nSPS) is 11.9. The quantitative estimate of drug-likeness (QED) is 0.245. The van der Waals surface area contributed by atoms with Crippen molar-refractivity contribution in [2.75, 3.05) is 33.8 Å². The van der Waals surface area contributed by atoms with E-state index in [-0.39, 0.29) is 36.5 Å². The Hall–Kier alpha value is -2.17. The van der Waals surface area contributed by atoms with Crippen LogP contribution < -0.4 is 10.6 Å². The van der Waals surface area contributed by atoms with Gasteiger partial charge in [-0.05, 0) is 30.2 Å². The number of amides is 1. The largest absolute Gasteiger partial charge is 0.389 e. The summed E-state index contributed by atoms with van der Waals surface area (Å²) in [6, 6.07) is 17.3. The minimum atomic E-state index is -0.645. The average Bonchev–Trinajstić information content (AvgIpc) is 2.76. The number of aliphatic hydroxyl groups excluding tert-OH is 1. The van der Waals surface area contributed by atoms with Crippen LogP contribution in [-0.4, -0.2) is 61.8 Å². The van der Waals surface area contributed by atoms with Gasteiger partial charge in [0.1, 0.15) is 0 Å². The zero-order chi connectivity index (χ0) is 21.8. The lowest BCUT2D eigenvalue weighted by Gasteiger charge is -2.15. The summed E-state index contributed by atoms with van der Waals surface area (Å²) >= 11 is 0. The number of halogens is 1. The van der Waals surface area contributed by atoms with Gasteiger partial charge in [-0.15, -0.1) is 24.0 Å². The number of carbonyl (C=O) groups is 1. The summed E-state index contributed by atoms with van der Waals surface area (Å²) in [5.74, 6) is 0.594. The lowest BCUT2D eigenvalue weighted by atomic mass is 10.1. The van der Waals surface area contributed by atoms with E-state index >= 15 is 0 Å². The third-order valence-corrected chi connectivity index (χ3v) is 4.30. The molecule has 0 fully saturated rings. The van der Waals surface area contributed by atoms with Crippen LogP contribution >= 0.6 is 24.0 Å². The first-order chi connectivity index (χ1) is 14.5. The van der Waals surface area contributed by atoms with E-state index in [4.69, 9.17) is 4.74 Å². The highest BCUT2D eigenvalue weighted by molar-refractivity contribution is 14.0. The zero-order valence-corrected chi connectivity index (χ0v) is 20.7. The molecule has 31 heavy (non-hydrogen) atoms. The van der Waals surface area contributed by atoms with E-state index in [2.05, 4.69) is 15.6 Å². The molecule has 1 unspecified atom stereocenters. The van der Waals surface area contributed by atoms with Crippen molar-refractivity contribution in [1.29, 1.82) is 0 Å². The van der Waals surface area contributed by atoms with E-state index in [0.29, 0.717) is 37.8 Å². The molecule has 2 rings (SSSR count). The van der Waals surface area contributed by atoms with Crippen molar-refractivity contribution in [2.45, 2.75) is 26.2 Å². The van der Waals surface area contributed by atoms with Gasteiger partial charge in [-0.25, -0.2) is 4.99 Å². The molecule has 0 spiro atoms. The Labute approximate surface area is 201 Å². The predicted molar refractivity (Wildman–Crippen MR) is 135 cm³/mol. The number of benzene rings is 2. The van der Waals surface area contributed by atoms with Gasteiger partial charge in [0.05, 0.1) is 25.9 Å². The Morgan fingerprint density at radius 2 is 1.74 bits per heavy atom. The maximum Gasteiger partial charge on any atom is 0.253 e. The summed E-state index contributed by atoms with van der Waals surface area (Å²) in [4.78, 5) is 18.0. The van der Waals surface area contributed by atoms with Crippen molar-refractivity contribution >= 4 is 35.8 Å². The van der Waals surface area contributed by atoms with E-state index < -0.39 is 6.10 Å². The van der Waals surface area contributed by atoms with Crippen LogP contribution in [0.25, 0.3) is 0 Å². The molecule has 0 aliphatic heterocycles. The summed E-state index contributed by atoms with van der Waals surface area (Å²) in [6.07, 6.45) is -0.645. The van der Waals surface area contributed by atoms with Crippen LogP contribution in [0.1, 0.15) is 28.4 Å². The molecule has 0 heterocycles. The van der Waals surface area contributed by atoms with Gasteiger partial charge in [0.15, 0.2) is 5.96 Å². The van der Waals surface area contributed by atoms with Gasteiger partial charge in [0, 0.05) is 32.7 Å². The second kappa shape index (κ2) is 14.8. The molecule has 7 nitrogen and oxygen atoms in total. The molecular formula is C23H33IN4O3. The number of carbonyl (C=O) groups excluding carboxylic acids is 1. The van der Waals surface area contributed by atoms with Crippen molar-refractivity contribution < 1.29 is 14.6 Å². The van der Waals surface area contributed by atoms with Gasteiger partial charge in [0.2, 0.25) is 0 Å². The molecule has 0 aliphatic rings. The number of guanidine groups is 1. The number of aliphatic hydroxyl groups is 1. The molecule has 0 saturated heterocycles. The van der Waals surface area contributed by atoms with Crippen molar-refractivity contribution in [2.24, 2.45) is 4.99 Å². The maximum absolute atomic E-state index is 12.0. The SMILES string of the molecule is CCNC(=NCc1ccc(C(=O)N(C)C)cc1)NCC(O)COCc1ccccc1.I. The van der Waals surface area contributed by atoms with Crippen molar-refractivity contribution in [3.05, 3.63) is 71.3 Å². The number of nitrogens with zero attached hydrogens (tertiary/aromatic N) is 2. The van der Waals surface area contributed by atoms with Gasteiger partial charge in [-0.1, -0.05) is 42.5 Å². The van der Waals surface area contributed by atoms with Crippen LogP contribution in [0.3, 0.4) is 0 Å². The van der Waals surface area contributed by atoms with Crippen LogP contribution in [0.4, 0.5) is 0 Å². The first-order valence-corrected chi connectivity index (χ1v) is 10.1. The Morgan fingerprint density at radius 1 is 1.06 bits per heavy atom. The Balaban J connectivity index is 0.00000480. The number of ether oxygens (including phenoxy) is 1. The van der Waals surface area contributed by atoms with Crippen molar-refractivity contribution in [3.8, 4) is 0 Å². The maximum atomic E-state index is 12.0. The second-order valence-electron chi connectivity index (χ2n) is 7.13. The zero-order valence-electron chi connectivity index (χ0n) is 18.4. The van der Waals surface area contributed by atoms with E-state index in [0.717, 1.165) is 11.1 Å². The van der Waals surface area contributed by atoms with Gasteiger partial charge in [-0.2, -0.15) is 0 Å². The van der Waals surface area contributed by atoms with Crippen LogP contribution in [0.2, 0.25) is 0 Å². The molecule has 8 heteroatoms. The lowest BCUT2D eigenvalue weighted by Crippen LogP contribution is -2.42. The fourth-order valence-corrected chi connectivity index (χ4v) is 2.68. The third-order valence-electron chi connectivity index (χ3n) is 4.30. The lowest BCUT2D eigenvalue weighted by molar-refractivity contribution is 0.0308. The number of rotatable bonds is 10. The molecule has 0 aromatic heterocycles. The fourth-order valence-electron chi connectivity index (χ4n) is 2.68. The van der Waals surface area contributed by atoms with Gasteiger partial charge >= 0.3 is 0 Å². The Kier molecular flexibility index (Phi) is 12.8. The molecule has 0 radical (unpaired) electrons. The standard InChI is InChI=1S/C23H32N4O3.HI/c1-4-24-23(25-14-18-10-12-20(13-11-18)22(29)27(2)3)26-15-21(28)17-30-16-19-8-6-5-7-9-19;/h5-13,21,28H,4,14-17H2,1-3H3,(H2,24,25,26);1H. The summed E-state index contributed by atoms with van der Waals surface area (Å²) in [7, 11) is 3.46. The van der Waals surface area contributed by atoms with Crippen LogP contribution in [0.5, 0.6) is 0 Å². The number of hydrogen-bond acceptors (Lipinski definition) is 4. The Morgan fingerprint density at radius 3 is 2.35 bits per heavy atom. The molecule has 0 saturated carbocycles. The molecule has 170 valence electrons. The molecule has 1 amide bonds. The van der Waals surface area contributed by atoms with E-state index in [1.54, 1.807) is 31.1 Å². The molecular weight excluding hydrogens is 507 g/mol. The van der Waals surface area contributed by atoms with Crippen molar-refractivity contribution in [3.63, 3.8) is 0 Å². The summed E-state index contributed by atoms with van der Waals surface area (Å²) in [5.41, 5.74) is 2.72. The molecule has 3 N–H and O–H groups in total. The molecule has 2 aromatic rings. The summed E-state index contributed by atoms with van der Waals surface area (Å²) in [6.45, 7) is 4.20. The van der Waals surface area contributed by atoms with Gasteiger partial charge in [-0.3, -0.25) is 4.79 Å². The highest BCUT2D eigenvalue weighted by Crippen LogP contribution is 2.07. The van der Waals surface area contributed by atoms with Gasteiger partial charge < -0.3 is 25.4 Å². The highest BCUT2D eigenvalue weighted by atomic mass is 127. The summed E-state index contributed by atoms with van der Waals surface area (Å²) in [5, 5.41) is 16.4. The number of hydrogen-bond donors (Lipinski definition) is 3. The number of nitrogens with one attached hydrogen (secondary N) is 2. The fraction of sp³-hybridized carbons (Fsp3) is 0.391. The van der Waals surface area contributed by atoms with Crippen LogP contribution in [0.15, 0.2) is 59.6 Å². The van der Waals surface area contributed by atoms with Crippen LogP contribution in [0, 0.1) is 0 Å². The topological polar surface area (TPSA) is 86.2 Å².